The van der Waals surface area contributed by atoms with Crippen LogP contribution in [0.2, 0.25) is 0 Å². The predicted molar refractivity (Wildman–Crippen MR) is 109 cm³/mol. The van der Waals surface area contributed by atoms with Crippen molar-refractivity contribution in [2.75, 3.05) is 6.54 Å². The predicted octanol–water partition coefficient (Wildman–Crippen LogP) is 3.94. The highest BCUT2D eigenvalue weighted by Crippen LogP contribution is 2.32. The van der Waals surface area contributed by atoms with Crippen LogP contribution in [0.4, 0.5) is 0 Å². The van der Waals surface area contributed by atoms with Gasteiger partial charge in [-0.15, -0.1) is 0 Å². The molecule has 1 aliphatic rings. The van der Waals surface area contributed by atoms with E-state index in [9.17, 15) is 9.59 Å². The number of ether oxygens (including phenoxy) is 1. The maximum atomic E-state index is 12.4. The highest BCUT2D eigenvalue weighted by atomic mass is 32.2. The molecular weight excluding hydrogens is 382 g/mol. The molecule has 0 bridgehead atoms. The first-order chi connectivity index (χ1) is 13.0. The second kappa shape index (κ2) is 8.83. The van der Waals surface area contributed by atoms with Gasteiger partial charge in [0.15, 0.2) is 0 Å². The number of hydrogen-bond acceptors (Lipinski definition) is 5. The zero-order valence-corrected chi connectivity index (χ0v) is 16.0. The van der Waals surface area contributed by atoms with E-state index in [1.165, 1.54) is 16.7 Å². The molecule has 5 nitrogen and oxygen atoms in total. The van der Waals surface area contributed by atoms with Crippen LogP contribution in [0.1, 0.15) is 17.5 Å². The molecule has 27 heavy (non-hydrogen) atoms. The van der Waals surface area contributed by atoms with E-state index in [0.29, 0.717) is 15.8 Å². The number of benzene rings is 2. The maximum absolute atomic E-state index is 12.4. The van der Waals surface area contributed by atoms with E-state index < -0.39 is 5.97 Å². The average Bonchev–Trinajstić information content (AvgIpc) is 2.93. The summed E-state index contributed by atoms with van der Waals surface area (Å²) < 4.78 is 6.13. The van der Waals surface area contributed by atoms with Crippen LogP contribution in [0.3, 0.4) is 0 Å². The molecule has 7 heteroatoms. The van der Waals surface area contributed by atoms with Crippen molar-refractivity contribution < 1.29 is 19.4 Å². The Hall–Kier alpha value is -2.64. The summed E-state index contributed by atoms with van der Waals surface area (Å²) in [5, 5.41) is 8.78. The van der Waals surface area contributed by atoms with Crippen molar-refractivity contribution in [1.29, 1.82) is 0 Å². The van der Waals surface area contributed by atoms with Gasteiger partial charge in [-0.2, -0.15) is 0 Å². The molecule has 0 unspecified atom stereocenters. The number of hydrogen-bond donors (Lipinski definition) is 1. The van der Waals surface area contributed by atoms with E-state index >= 15 is 0 Å². The Bertz CT molecular complexity index is 879. The number of thiocarbonyl (C=S) groups is 1. The zero-order valence-electron chi connectivity index (χ0n) is 14.3. The van der Waals surface area contributed by atoms with E-state index in [4.69, 9.17) is 22.1 Å². The summed E-state index contributed by atoms with van der Waals surface area (Å²) in [5.41, 5.74) is 1.94. The quantitative estimate of drug-likeness (QED) is 0.562. The summed E-state index contributed by atoms with van der Waals surface area (Å²) in [4.78, 5) is 24.9. The summed E-state index contributed by atoms with van der Waals surface area (Å²) in [6, 6.07) is 17.3. The van der Waals surface area contributed by atoms with Crippen LogP contribution in [0.15, 0.2) is 59.5 Å². The highest BCUT2D eigenvalue weighted by Gasteiger charge is 2.31. The molecule has 2 aromatic carbocycles. The van der Waals surface area contributed by atoms with Crippen molar-refractivity contribution in [3.8, 4) is 5.75 Å². The third-order valence-corrected chi connectivity index (χ3v) is 5.23. The van der Waals surface area contributed by atoms with Crippen molar-refractivity contribution in [3.63, 3.8) is 0 Å². The fourth-order valence-electron chi connectivity index (χ4n) is 2.45. The molecule has 1 saturated heterocycles. The van der Waals surface area contributed by atoms with Crippen molar-refractivity contribution in [2.45, 2.75) is 13.0 Å². The lowest BCUT2D eigenvalue weighted by molar-refractivity contribution is -0.137. The molecule has 0 aromatic heterocycles. The number of carbonyl (C=O) groups excluding carboxylic acids is 1. The van der Waals surface area contributed by atoms with Crippen LogP contribution in [0, 0.1) is 0 Å². The van der Waals surface area contributed by atoms with Gasteiger partial charge in [0, 0.05) is 6.54 Å². The fourth-order valence-corrected chi connectivity index (χ4v) is 3.76. The third kappa shape index (κ3) is 5.18. The molecule has 0 spiro atoms. The largest absolute Gasteiger partial charge is 0.489 e. The third-order valence-electron chi connectivity index (χ3n) is 3.85. The molecule has 138 valence electrons. The minimum absolute atomic E-state index is 0.0869. The van der Waals surface area contributed by atoms with Gasteiger partial charge in [-0.1, -0.05) is 66.4 Å². The first-order valence-electron chi connectivity index (χ1n) is 8.27. The Morgan fingerprint density at radius 2 is 1.85 bits per heavy atom. The molecule has 3 rings (SSSR count). The van der Waals surface area contributed by atoms with Gasteiger partial charge in [-0.25, -0.2) is 0 Å². The van der Waals surface area contributed by atoms with E-state index in [-0.39, 0.29) is 18.9 Å². The minimum atomic E-state index is -0.959. The number of carbonyl (C=O) groups is 2. The fraction of sp³-hybridized carbons (Fsp3) is 0.150. The van der Waals surface area contributed by atoms with Gasteiger partial charge in [0.1, 0.15) is 16.7 Å². The van der Waals surface area contributed by atoms with Gasteiger partial charge in [0.2, 0.25) is 0 Å². The lowest BCUT2D eigenvalue weighted by Gasteiger charge is -2.12. The molecule has 2 aromatic rings. The zero-order chi connectivity index (χ0) is 19.2. The Morgan fingerprint density at radius 3 is 2.52 bits per heavy atom. The number of carboxylic acid groups (broad SMARTS) is 1. The minimum Gasteiger partial charge on any atom is -0.489 e. The smallest absolute Gasteiger partial charge is 0.305 e. The van der Waals surface area contributed by atoms with Crippen LogP contribution < -0.4 is 4.74 Å². The number of amides is 1. The van der Waals surface area contributed by atoms with Crippen molar-refractivity contribution >= 4 is 46.3 Å². The number of thioether (sulfide) groups is 1. The second-order valence-electron chi connectivity index (χ2n) is 5.82. The topological polar surface area (TPSA) is 66.8 Å². The van der Waals surface area contributed by atoms with E-state index in [0.717, 1.165) is 16.9 Å². The van der Waals surface area contributed by atoms with Crippen molar-refractivity contribution in [3.05, 3.63) is 70.6 Å². The molecule has 1 amide bonds. The molecule has 0 atom stereocenters. The SMILES string of the molecule is O=C(O)CCN1C(=O)/C(=C/c2ccc(OCc3ccccc3)cc2)SC1=S. The molecule has 1 N–H and O–H groups in total. The molecule has 0 saturated carbocycles. The van der Waals surface area contributed by atoms with Crippen LogP contribution in [0.25, 0.3) is 6.08 Å². The van der Waals surface area contributed by atoms with E-state index in [2.05, 4.69) is 0 Å². The van der Waals surface area contributed by atoms with Crippen LogP contribution in [0.5, 0.6) is 5.75 Å². The molecular formula is C20H17NO4S2. The normalized spacial score (nSPS) is 15.4. The Morgan fingerprint density at radius 1 is 1.15 bits per heavy atom. The first kappa shape index (κ1) is 19.1. The van der Waals surface area contributed by atoms with E-state index in [1.807, 2.05) is 54.6 Å². The summed E-state index contributed by atoms with van der Waals surface area (Å²) in [7, 11) is 0. The van der Waals surface area contributed by atoms with Crippen LogP contribution >= 0.6 is 24.0 Å². The lowest BCUT2D eigenvalue weighted by atomic mass is 10.2. The Balaban J connectivity index is 1.62. The molecule has 0 aliphatic carbocycles. The molecule has 1 heterocycles. The number of nitrogens with zero attached hydrogens (tertiary/aromatic N) is 1. The number of carboxylic acids is 1. The van der Waals surface area contributed by atoms with Gasteiger partial charge >= 0.3 is 5.97 Å². The van der Waals surface area contributed by atoms with Crippen molar-refractivity contribution in [1.82, 2.24) is 4.90 Å². The molecule has 1 aliphatic heterocycles. The summed E-state index contributed by atoms with van der Waals surface area (Å²) in [6.45, 7) is 0.575. The Labute approximate surface area is 166 Å². The molecule has 1 fully saturated rings. The van der Waals surface area contributed by atoms with E-state index in [1.54, 1.807) is 6.08 Å². The van der Waals surface area contributed by atoms with Gasteiger partial charge < -0.3 is 9.84 Å². The maximum Gasteiger partial charge on any atom is 0.305 e. The number of rotatable bonds is 7. The summed E-state index contributed by atoms with van der Waals surface area (Å²) in [5.74, 6) is -0.472. The molecule has 0 radical (unpaired) electrons. The van der Waals surface area contributed by atoms with Gasteiger partial charge in [-0.3, -0.25) is 14.5 Å². The first-order valence-corrected chi connectivity index (χ1v) is 9.49. The van der Waals surface area contributed by atoms with Crippen LogP contribution in [-0.2, 0) is 16.2 Å². The standard InChI is InChI=1S/C20H17NO4S2/c22-18(23)10-11-21-19(24)17(27-20(21)26)12-14-6-8-16(9-7-14)25-13-15-4-2-1-3-5-15/h1-9,12H,10-11,13H2,(H,22,23)/b17-12-. The van der Waals surface area contributed by atoms with Gasteiger partial charge in [0.05, 0.1) is 11.3 Å². The average molecular weight is 399 g/mol. The van der Waals surface area contributed by atoms with Gasteiger partial charge in [0.25, 0.3) is 5.91 Å². The highest BCUT2D eigenvalue weighted by molar-refractivity contribution is 8.26. The van der Waals surface area contributed by atoms with Crippen molar-refractivity contribution in [2.24, 2.45) is 0 Å². The summed E-state index contributed by atoms with van der Waals surface area (Å²) in [6.07, 6.45) is 1.62. The van der Waals surface area contributed by atoms with Gasteiger partial charge in [-0.05, 0) is 29.3 Å². The lowest BCUT2D eigenvalue weighted by Crippen LogP contribution is -2.30. The number of aliphatic carboxylic acids is 1. The summed E-state index contributed by atoms with van der Waals surface area (Å²) >= 11 is 6.36. The monoisotopic (exact) mass is 399 g/mol. The Kier molecular flexibility index (Phi) is 6.26. The second-order valence-corrected chi connectivity index (χ2v) is 7.50. The van der Waals surface area contributed by atoms with Crippen LogP contribution in [-0.4, -0.2) is 32.7 Å².